The summed E-state index contributed by atoms with van der Waals surface area (Å²) in [5, 5.41) is 8.78. The highest BCUT2D eigenvalue weighted by molar-refractivity contribution is 7.99. The zero-order valence-corrected chi connectivity index (χ0v) is 18.9. The van der Waals surface area contributed by atoms with Crippen molar-refractivity contribution in [1.29, 1.82) is 0 Å². The minimum Gasteiger partial charge on any atom is -0.411 e. The Labute approximate surface area is 189 Å². The highest BCUT2D eigenvalue weighted by Crippen LogP contribution is 2.27. The van der Waals surface area contributed by atoms with Crippen molar-refractivity contribution in [1.82, 2.24) is 14.5 Å². The number of hydrogen-bond donors (Lipinski definition) is 0. The fraction of sp³-hybridized carbons (Fsp3) is 0.286. The van der Waals surface area contributed by atoms with E-state index >= 15 is 0 Å². The van der Waals surface area contributed by atoms with Gasteiger partial charge in [0.25, 0.3) is 5.22 Å². The number of aromatic nitrogens is 2. The molecule has 0 aliphatic carbocycles. The number of rotatable bonds is 7. The summed E-state index contributed by atoms with van der Waals surface area (Å²) in [6, 6.07) is 13.2. The van der Waals surface area contributed by atoms with E-state index in [0.717, 1.165) is 31.0 Å². The van der Waals surface area contributed by atoms with Crippen molar-refractivity contribution in [2.24, 2.45) is 0 Å². The quantitative estimate of drug-likeness (QED) is 0.364. The van der Waals surface area contributed by atoms with E-state index in [9.17, 15) is 13.2 Å². The van der Waals surface area contributed by atoms with Gasteiger partial charge in [-0.3, -0.25) is 4.79 Å². The zero-order chi connectivity index (χ0) is 21.8. The molecule has 0 spiro atoms. The second-order valence-corrected chi connectivity index (χ2v) is 10.4. The molecule has 2 heterocycles. The van der Waals surface area contributed by atoms with Gasteiger partial charge in [-0.1, -0.05) is 35.9 Å². The van der Waals surface area contributed by atoms with Crippen molar-refractivity contribution in [2.75, 3.05) is 18.8 Å². The van der Waals surface area contributed by atoms with Crippen LogP contribution in [-0.4, -0.2) is 47.5 Å². The zero-order valence-electron chi connectivity index (χ0n) is 16.5. The lowest BCUT2D eigenvalue weighted by atomic mass is 10.1. The van der Waals surface area contributed by atoms with Crippen LogP contribution in [0.3, 0.4) is 0 Å². The van der Waals surface area contributed by atoms with Gasteiger partial charge in [-0.2, -0.15) is 4.31 Å². The number of thioether (sulfide) groups is 1. The van der Waals surface area contributed by atoms with Crippen molar-refractivity contribution in [3.63, 3.8) is 0 Å². The van der Waals surface area contributed by atoms with Gasteiger partial charge in [0.05, 0.1) is 10.6 Å². The Hall–Kier alpha value is -2.20. The van der Waals surface area contributed by atoms with Crippen LogP contribution in [0.2, 0.25) is 5.02 Å². The van der Waals surface area contributed by atoms with Crippen LogP contribution in [-0.2, 0) is 10.0 Å². The molecule has 0 N–H and O–H groups in total. The number of sulfonamides is 1. The molecule has 1 aliphatic heterocycles. The molecule has 0 unspecified atom stereocenters. The Balaban J connectivity index is 1.46. The summed E-state index contributed by atoms with van der Waals surface area (Å²) < 4.78 is 33.0. The van der Waals surface area contributed by atoms with Crippen LogP contribution < -0.4 is 0 Å². The lowest BCUT2D eigenvalue weighted by Gasteiger charge is -2.25. The van der Waals surface area contributed by atoms with Crippen molar-refractivity contribution >= 4 is 39.2 Å². The van der Waals surface area contributed by atoms with Gasteiger partial charge in [0, 0.05) is 29.2 Å². The van der Waals surface area contributed by atoms with Crippen molar-refractivity contribution < 1.29 is 17.6 Å². The first-order valence-corrected chi connectivity index (χ1v) is 12.6. The molecule has 0 bridgehead atoms. The number of carbonyl (C=O) groups is 1. The van der Waals surface area contributed by atoms with E-state index in [1.165, 1.54) is 4.31 Å². The Kier molecular flexibility index (Phi) is 6.76. The molecule has 7 nitrogen and oxygen atoms in total. The normalized spacial score (nSPS) is 15.1. The maximum Gasteiger partial charge on any atom is 0.277 e. The summed E-state index contributed by atoms with van der Waals surface area (Å²) in [5.74, 6) is 0.250. The minimum absolute atomic E-state index is 0.0870. The van der Waals surface area contributed by atoms with Crippen LogP contribution in [0.25, 0.3) is 11.5 Å². The van der Waals surface area contributed by atoms with Gasteiger partial charge in [0.1, 0.15) is 0 Å². The minimum atomic E-state index is -3.56. The lowest BCUT2D eigenvalue weighted by Crippen LogP contribution is -2.35. The molecule has 31 heavy (non-hydrogen) atoms. The van der Waals surface area contributed by atoms with Crippen LogP contribution in [0.1, 0.15) is 29.6 Å². The van der Waals surface area contributed by atoms with E-state index in [0.29, 0.717) is 29.2 Å². The van der Waals surface area contributed by atoms with Gasteiger partial charge < -0.3 is 4.42 Å². The molecule has 2 aromatic carbocycles. The van der Waals surface area contributed by atoms with E-state index in [-0.39, 0.29) is 27.5 Å². The molecule has 0 atom stereocenters. The molecule has 1 saturated heterocycles. The number of hydrogen-bond acceptors (Lipinski definition) is 7. The average Bonchev–Trinajstić information content (AvgIpc) is 3.28. The maximum atomic E-state index is 12.9. The fourth-order valence-electron chi connectivity index (χ4n) is 3.28. The molecule has 0 saturated carbocycles. The summed E-state index contributed by atoms with van der Waals surface area (Å²) in [5.41, 5.74) is 1.06. The van der Waals surface area contributed by atoms with Crippen LogP contribution in [0, 0.1) is 0 Å². The molecular formula is C21H20ClN3O4S2. The van der Waals surface area contributed by atoms with Crippen LogP contribution in [0.4, 0.5) is 0 Å². The number of benzene rings is 2. The van der Waals surface area contributed by atoms with E-state index in [4.69, 9.17) is 16.0 Å². The Bertz CT molecular complexity index is 1170. The summed E-state index contributed by atoms with van der Waals surface area (Å²) in [6.07, 6.45) is 2.80. The smallest absolute Gasteiger partial charge is 0.277 e. The average molecular weight is 478 g/mol. The lowest BCUT2D eigenvalue weighted by molar-refractivity contribution is 0.102. The van der Waals surface area contributed by atoms with Gasteiger partial charge in [-0.05, 0) is 55.3 Å². The monoisotopic (exact) mass is 477 g/mol. The molecule has 10 heteroatoms. The number of halogens is 1. The predicted molar refractivity (Wildman–Crippen MR) is 119 cm³/mol. The Morgan fingerprint density at radius 3 is 2.55 bits per heavy atom. The van der Waals surface area contributed by atoms with Gasteiger partial charge >= 0.3 is 0 Å². The number of Topliss-reactive ketones (excluding diaryl/α,β-unsaturated/α-hetero) is 1. The molecule has 3 aromatic rings. The van der Waals surface area contributed by atoms with Gasteiger partial charge in [0.2, 0.25) is 15.9 Å². The first-order chi connectivity index (χ1) is 14.9. The van der Waals surface area contributed by atoms with Gasteiger partial charge in [0.15, 0.2) is 5.78 Å². The fourth-order valence-corrected chi connectivity index (χ4v) is 5.62. The maximum absolute atomic E-state index is 12.9. The number of nitrogens with zero attached hydrogens (tertiary/aromatic N) is 3. The summed E-state index contributed by atoms with van der Waals surface area (Å²) >= 11 is 6.97. The SMILES string of the molecule is O=C(CSc1nnc(-c2cccc(S(=O)(=O)N3CCCCC3)c2)o1)c1ccc(Cl)cc1. The van der Waals surface area contributed by atoms with Crippen molar-refractivity contribution in [3.8, 4) is 11.5 Å². The van der Waals surface area contributed by atoms with E-state index < -0.39 is 10.0 Å². The topological polar surface area (TPSA) is 93.4 Å². The van der Waals surface area contributed by atoms with E-state index in [1.54, 1.807) is 48.5 Å². The Morgan fingerprint density at radius 2 is 1.81 bits per heavy atom. The molecule has 4 rings (SSSR count). The first kappa shape index (κ1) is 22.0. The van der Waals surface area contributed by atoms with Crippen LogP contribution >= 0.6 is 23.4 Å². The van der Waals surface area contributed by atoms with Crippen molar-refractivity contribution in [2.45, 2.75) is 29.4 Å². The summed E-state index contributed by atoms with van der Waals surface area (Å²) in [6.45, 7) is 1.07. The number of ketones is 1. The number of carbonyl (C=O) groups excluding carboxylic acids is 1. The van der Waals surface area contributed by atoms with E-state index in [1.807, 2.05) is 0 Å². The molecular weight excluding hydrogens is 458 g/mol. The molecule has 1 fully saturated rings. The standard InChI is InChI=1S/C21H20ClN3O4S2/c22-17-9-7-15(8-10-17)19(26)14-30-21-24-23-20(29-21)16-5-4-6-18(13-16)31(27,28)25-11-2-1-3-12-25/h4-10,13H,1-3,11-12,14H2. The first-order valence-electron chi connectivity index (χ1n) is 9.79. The molecule has 0 radical (unpaired) electrons. The summed E-state index contributed by atoms with van der Waals surface area (Å²) in [7, 11) is -3.56. The number of piperidine rings is 1. The third kappa shape index (κ3) is 5.17. The third-order valence-corrected chi connectivity index (χ3v) is 7.90. The van der Waals surface area contributed by atoms with Crippen LogP contribution in [0.5, 0.6) is 0 Å². The predicted octanol–water partition coefficient (Wildman–Crippen LogP) is 4.54. The second-order valence-electron chi connectivity index (χ2n) is 7.08. The largest absolute Gasteiger partial charge is 0.411 e. The summed E-state index contributed by atoms with van der Waals surface area (Å²) in [4.78, 5) is 12.5. The third-order valence-electron chi connectivity index (χ3n) is 4.93. The molecule has 1 aliphatic rings. The molecule has 0 amide bonds. The second kappa shape index (κ2) is 9.52. The highest BCUT2D eigenvalue weighted by atomic mass is 35.5. The highest BCUT2D eigenvalue weighted by Gasteiger charge is 2.26. The molecule has 162 valence electrons. The molecule has 1 aromatic heterocycles. The van der Waals surface area contributed by atoms with Gasteiger partial charge in [-0.15, -0.1) is 10.2 Å². The van der Waals surface area contributed by atoms with E-state index in [2.05, 4.69) is 10.2 Å². The van der Waals surface area contributed by atoms with Crippen LogP contribution in [0.15, 0.2) is 63.1 Å². The Morgan fingerprint density at radius 1 is 1.06 bits per heavy atom. The van der Waals surface area contributed by atoms with Gasteiger partial charge in [-0.25, -0.2) is 8.42 Å². The van der Waals surface area contributed by atoms with Crippen molar-refractivity contribution in [3.05, 3.63) is 59.1 Å².